The highest BCUT2D eigenvalue weighted by molar-refractivity contribution is 5.23. The lowest BCUT2D eigenvalue weighted by Gasteiger charge is -2.33. The van der Waals surface area contributed by atoms with Crippen molar-refractivity contribution in [2.75, 3.05) is 0 Å². The first-order valence-corrected chi connectivity index (χ1v) is 4.57. The van der Waals surface area contributed by atoms with E-state index in [2.05, 4.69) is 39.8 Å². The molecule has 0 spiro atoms. The normalized spacial score (nSPS) is 35.4. The van der Waals surface area contributed by atoms with Crippen LogP contribution in [-0.2, 0) is 0 Å². The fraction of sp³-hybridized carbons (Fsp3) is 0.636. The zero-order valence-corrected chi connectivity index (χ0v) is 8.33. The van der Waals surface area contributed by atoms with Gasteiger partial charge in [-0.25, -0.2) is 0 Å². The van der Waals surface area contributed by atoms with E-state index in [1.165, 1.54) is 0 Å². The monoisotopic (exact) mass is 166 g/mol. The van der Waals surface area contributed by atoms with E-state index < -0.39 is 0 Å². The van der Waals surface area contributed by atoms with Gasteiger partial charge in [-0.05, 0) is 24.8 Å². The maximum atomic E-state index is 9.78. The van der Waals surface area contributed by atoms with Crippen molar-refractivity contribution in [1.29, 1.82) is 0 Å². The van der Waals surface area contributed by atoms with Crippen LogP contribution in [0.5, 0.6) is 0 Å². The summed E-state index contributed by atoms with van der Waals surface area (Å²) in [6, 6.07) is 0. The minimum atomic E-state index is -0.146. The Balaban J connectivity index is 2.94. The topological polar surface area (TPSA) is 20.2 Å². The summed E-state index contributed by atoms with van der Waals surface area (Å²) in [5, 5.41) is 9.78. The molecule has 1 aliphatic carbocycles. The molecule has 0 heterocycles. The number of hydrogen-bond acceptors (Lipinski definition) is 1. The molecule has 0 aromatic rings. The Hall–Kier alpha value is -0.720. The number of aliphatic hydroxyl groups is 1. The Bertz CT molecular complexity index is 225. The third-order valence-electron chi connectivity index (χ3n) is 2.92. The van der Waals surface area contributed by atoms with E-state index in [1.54, 1.807) is 0 Å². The second kappa shape index (κ2) is 2.96. The molecular formula is C11H18O. The third kappa shape index (κ3) is 1.40. The first-order valence-electron chi connectivity index (χ1n) is 4.57. The molecule has 2 atom stereocenters. The number of hydrogen-bond donors (Lipinski definition) is 1. The molecule has 1 aliphatic rings. The summed E-state index contributed by atoms with van der Waals surface area (Å²) in [5.74, 6) is 1.34. The van der Waals surface area contributed by atoms with Crippen LogP contribution in [0.1, 0.15) is 27.7 Å². The highest BCUT2D eigenvalue weighted by Crippen LogP contribution is 2.38. The van der Waals surface area contributed by atoms with Gasteiger partial charge in [-0.2, -0.15) is 0 Å². The van der Waals surface area contributed by atoms with Crippen LogP contribution in [0.2, 0.25) is 0 Å². The lowest BCUT2D eigenvalue weighted by Crippen LogP contribution is -2.26. The Kier molecular flexibility index (Phi) is 2.31. The second-order valence-corrected chi connectivity index (χ2v) is 4.21. The molecule has 0 aromatic heterocycles. The summed E-state index contributed by atoms with van der Waals surface area (Å²) in [7, 11) is 0. The van der Waals surface area contributed by atoms with Crippen LogP contribution in [0, 0.1) is 17.3 Å². The average Bonchev–Trinajstić information content (AvgIpc) is 1.97. The van der Waals surface area contributed by atoms with Crippen molar-refractivity contribution in [2.45, 2.75) is 27.7 Å². The molecule has 0 bridgehead atoms. The summed E-state index contributed by atoms with van der Waals surface area (Å²) in [5.41, 5.74) is -0.146. The van der Waals surface area contributed by atoms with Gasteiger partial charge in [-0.15, -0.1) is 0 Å². The predicted molar refractivity (Wildman–Crippen MR) is 52.0 cm³/mol. The molecule has 1 nitrogen and oxygen atoms in total. The van der Waals surface area contributed by atoms with Crippen molar-refractivity contribution < 1.29 is 5.11 Å². The van der Waals surface area contributed by atoms with E-state index in [-0.39, 0.29) is 5.41 Å². The van der Waals surface area contributed by atoms with Gasteiger partial charge in [0.1, 0.15) is 0 Å². The van der Waals surface area contributed by atoms with Crippen molar-refractivity contribution in [3.8, 4) is 0 Å². The Labute approximate surface area is 74.8 Å². The number of aliphatic hydroxyl groups excluding tert-OH is 1. The molecule has 0 saturated carbocycles. The molecule has 0 fully saturated rings. The minimum Gasteiger partial charge on any atom is -0.512 e. The van der Waals surface area contributed by atoms with Gasteiger partial charge in [0.15, 0.2) is 0 Å². The van der Waals surface area contributed by atoms with Crippen LogP contribution in [0.3, 0.4) is 0 Å². The van der Waals surface area contributed by atoms with E-state index in [0.717, 1.165) is 0 Å². The van der Waals surface area contributed by atoms with Gasteiger partial charge in [0.25, 0.3) is 0 Å². The van der Waals surface area contributed by atoms with E-state index >= 15 is 0 Å². The van der Waals surface area contributed by atoms with Gasteiger partial charge in [-0.3, -0.25) is 0 Å². The minimum absolute atomic E-state index is 0.146. The second-order valence-electron chi connectivity index (χ2n) is 4.21. The SMILES string of the molecule is CC1C=CC(C)(C(C)C)C(O)=C1. The van der Waals surface area contributed by atoms with Gasteiger partial charge < -0.3 is 5.11 Å². The molecule has 12 heavy (non-hydrogen) atoms. The van der Waals surface area contributed by atoms with Crippen LogP contribution in [0.4, 0.5) is 0 Å². The standard InChI is InChI=1S/C11H18O/c1-8(2)11(4)6-5-9(3)7-10(11)12/h5-9,12H,1-4H3. The maximum absolute atomic E-state index is 9.78. The average molecular weight is 166 g/mol. The molecule has 0 aromatic carbocycles. The fourth-order valence-corrected chi connectivity index (χ4v) is 1.41. The van der Waals surface area contributed by atoms with Crippen molar-refractivity contribution in [2.24, 2.45) is 17.3 Å². The quantitative estimate of drug-likeness (QED) is 0.592. The van der Waals surface area contributed by atoms with Gasteiger partial charge in [-0.1, -0.05) is 32.9 Å². The zero-order valence-electron chi connectivity index (χ0n) is 8.33. The Morgan fingerprint density at radius 3 is 2.50 bits per heavy atom. The number of allylic oxidation sites excluding steroid dienone is 3. The fourth-order valence-electron chi connectivity index (χ4n) is 1.41. The van der Waals surface area contributed by atoms with Crippen molar-refractivity contribution in [3.63, 3.8) is 0 Å². The van der Waals surface area contributed by atoms with E-state index in [9.17, 15) is 5.11 Å². The lowest BCUT2D eigenvalue weighted by atomic mass is 9.73. The van der Waals surface area contributed by atoms with Crippen LogP contribution >= 0.6 is 0 Å². The molecule has 0 aliphatic heterocycles. The predicted octanol–water partition coefficient (Wildman–Crippen LogP) is 3.30. The maximum Gasteiger partial charge on any atom is 0.0987 e. The molecular weight excluding hydrogens is 148 g/mol. The Morgan fingerprint density at radius 2 is 2.08 bits per heavy atom. The summed E-state index contributed by atoms with van der Waals surface area (Å²) < 4.78 is 0. The molecule has 1 N–H and O–H groups in total. The first-order chi connectivity index (χ1) is 5.47. The molecule has 0 saturated heterocycles. The van der Waals surface area contributed by atoms with Crippen LogP contribution < -0.4 is 0 Å². The van der Waals surface area contributed by atoms with E-state index in [1.807, 2.05) is 6.08 Å². The van der Waals surface area contributed by atoms with Crippen LogP contribution in [0.25, 0.3) is 0 Å². The van der Waals surface area contributed by atoms with Crippen molar-refractivity contribution in [3.05, 3.63) is 24.0 Å². The lowest BCUT2D eigenvalue weighted by molar-refractivity contribution is 0.220. The van der Waals surface area contributed by atoms with E-state index in [4.69, 9.17) is 0 Å². The zero-order chi connectivity index (χ0) is 9.35. The first kappa shape index (κ1) is 9.37. The van der Waals surface area contributed by atoms with Gasteiger partial charge in [0.2, 0.25) is 0 Å². The highest BCUT2D eigenvalue weighted by atomic mass is 16.3. The Morgan fingerprint density at radius 1 is 1.50 bits per heavy atom. The van der Waals surface area contributed by atoms with Crippen molar-refractivity contribution >= 4 is 0 Å². The molecule has 0 radical (unpaired) electrons. The van der Waals surface area contributed by atoms with Gasteiger partial charge >= 0.3 is 0 Å². The number of rotatable bonds is 1. The van der Waals surface area contributed by atoms with E-state index in [0.29, 0.717) is 17.6 Å². The van der Waals surface area contributed by atoms with Crippen LogP contribution in [0.15, 0.2) is 24.0 Å². The molecule has 0 amide bonds. The smallest absolute Gasteiger partial charge is 0.0987 e. The van der Waals surface area contributed by atoms with Gasteiger partial charge in [0.05, 0.1) is 5.76 Å². The summed E-state index contributed by atoms with van der Waals surface area (Å²) in [6.07, 6.45) is 6.21. The molecule has 68 valence electrons. The van der Waals surface area contributed by atoms with Crippen LogP contribution in [-0.4, -0.2) is 5.11 Å². The highest BCUT2D eigenvalue weighted by Gasteiger charge is 2.32. The summed E-state index contributed by atoms with van der Waals surface area (Å²) in [6.45, 7) is 8.41. The molecule has 1 heteroatoms. The third-order valence-corrected chi connectivity index (χ3v) is 2.92. The summed E-state index contributed by atoms with van der Waals surface area (Å²) in [4.78, 5) is 0. The molecule has 2 unspecified atom stereocenters. The van der Waals surface area contributed by atoms with Gasteiger partial charge in [0, 0.05) is 5.41 Å². The molecule has 1 rings (SSSR count). The van der Waals surface area contributed by atoms with Crippen molar-refractivity contribution in [1.82, 2.24) is 0 Å². The largest absolute Gasteiger partial charge is 0.512 e. The summed E-state index contributed by atoms with van der Waals surface area (Å²) >= 11 is 0.